The molecule has 16 heteroatoms. The number of halogens is 5. The third kappa shape index (κ3) is 5.64. The minimum absolute atomic E-state index is 0.139. The van der Waals surface area contributed by atoms with E-state index in [9.17, 15) is 27.2 Å². The van der Waals surface area contributed by atoms with Crippen molar-refractivity contribution >= 4 is 45.4 Å². The van der Waals surface area contributed by atoms with Gasteiger partial charge in [-0.3, -0.25) is 19.4 Å². The number of hydrogen-bond acceptors (Lipinski definition) is 8. The van der Waals surface area contributed by atoms with Gasteiger partial charge in [-0.1, -0.05) is 40.2 Å². The van der Waals surface area contributed by atoms with E-state index in [0.29, 0.717) is 69.9 Å². The number of nitrogens with two attached hydrogens (primary N) is 2. The summed E-state index contributed by atoms with van der Waals surface area (Å²) < 4.78 is 60.6. The fourth-order valence-corrected chi connectivity index (χ4v) is 10.3. The highest BCUT2D eigenvalue weighted by atomic mass is 79.9. The molecule has 8 rings (SSSR count). The molecule has 0 radical (unpaired) electrons. The zero-order valence-corrected chi connectivity index (χ0v) is 30.8. The van der Waals surface area contributed by atoms with Crippen LogP contribution in [0.2, 0.25) is 0 Å². The van der Waals surface area contributed by atoms with Gasteiger partial charge < -0.3 is 20.9 Å². The number of carbonyl (C=O) groups is 2. The van der Waals surface area contributed by atoms with Crippen molar-refractivity contribution in [3.05, 3.63) is 74.5 Å². The van der Waals surface area contributed by atoms with Gasteiger partial charge in [-0.2, -0.15) is 17.6 Å². The first-order chi connectivity index (χ1) is 25.1. The van der Waals surface area contributed by atoms with E-state index in [1.54, 1.807) is 26.2 Å². The van der Waals surface area contributed by atoms with Crippen LogP contribution in [-0.4, -0.2) is 73.1 Å². The van der Waals surface area contributed by atoms with Gasteiger partial charge in [0.05, 0.1) is 18.8 Å². The minimum Gasteiger partial charge on any atom is -0.369 e. The number of aliphatic imine (C=N–C) groups is 2. The van der Waals surface area contributed by atoms with Crippen LogP contribution in [0, 0.1) is 17.4 Å². The van der Waals surface area contributed by atoms with Crippen molar-refractivity contribution in [3.8, 4) is 0 Å². The Labute approximate surface area is 312 Å². The standard InChI is InChI=1S/C19H20F2N4O2.C18H20BrF2N3O2/c1-23-12-4-3-11-10-18(7-5-13(6-8-18)27-16(20)21)19(14(11)9-12)15(26)25(2)17(22)24-19;1-24-14(25)18(23-16(24)22)13-8-11(19)3-2-10(13)9-17(18)6-4-12(5-7-17)26-15(20)21/h3-4,9,13,16H,5-8,10H2,2H3,(H2,22,24);2-3,8,12,15H,4-7,9H2,1H3,(H2,22,23). The maximum atomic E-state index is 13.3. The summed E-state index contributed by atoms with van der Waals surface area (Å²) >= 11 is 3.49. The van der Waals surface area contributed by atoms with Crippen LogP contribution in [-0.2, 0) is 43.0 Å². The summed E-state index contributed by atoms with van der Waals surface area (Å²) in [6.45, 7) is 1.74. The molecule has 4 spiro atoms. The van der Waals surface area contributed by atoms with Crippen molar-refractivity contribution in [2.24, 2.45) is 32.3 Å². The lowest BCUT2D eigenvalue weighted by Gasteiger charge is -2.45. The van der Waals surface area contributed by atoms with Gasteiger partial charge >= 0.3 is 13.2 Å². The Balaban J connectivity index is 0.000000164. The van der Waals surface area contributed by atoms with Gasteiger partial charge in [-0.15, -0.1) is 0 Å². The Kier molecular flexibility index (Phi) is 9.38. The summed E-state index contributed by atoms with van der Waals surface area (Å²) in [5.74, 6) is -0.00580. The molecule has 53 heavy (non-hydrogen) atoms. The van der Waals surface area contributed by atoms with Crippen molar-refractivity contribution in [1.29, 1.82) is 0 Å². The molecule has 0 saturated heterocycles. The first-order valence-corrected chi connectivity index (χ1v) is 18.4. The molecule has 6 aliphatic rings. The molecule has 0 bridgehead atoms. The number of benzene rings is 2. The van der Waals surface area contributed by atoms with Crippen LogP contribution in [0.4, 0.5) is 23.2 Å². The van der Waals surface area contributed by atoms with Crippen LogP contribution >= 0.6 is 15.9 Å². The molecule has 2 atom stereocenters. The first-order valence-electron chi connectivity index (χ1n) is 17.6. The molecule has 4 N–H and O–H groups in total. The molecule has 0 aromatic heterocycles. The van der Waals surface area contributed by atoms with Crippen LogP contribution in [0.1, 0.15) is 73.6 Å². The van der Waals surface area contributed by atoms with E-state index in [0.717, 1.165) is 26.7 Å². The molecule has 2 heterocycles. The SMILES string of the molecule is CN1C(=O)C2(N=C1N)c1cc(Br)ccc1CC21CCC(OC(F)F)CC1.[C-]#[N+]c1ccc2c(c1)C1(N=C(N)N(C)C1=O)C1(CCC(OC(F)F)CC1)C2. The van der Waals surface area contributed by atoms with Crippen LogP contribution in [0.3, 0.4) is 0 Å². The molecule has 2 amide bonds. The number of alkyl halides is 4. The molecule has 11 nitrogen and oxygen atoms in total. The molecule has 2 fully saturated rings. The van der Waals surface area contributed by atoms with Crippen LogP contribution in [0.15, 0.2) is 50.9 Å². The largest absolute Gasteiger partial charge is 0.369 e. The number of rotatable bonds is 4. The Hall–Kier alpha value is -4.07. The third-order valence-electron chi connectivity index (χ3n) is 12.5. The van der Waals surface area contributed by atoms with Crippen molar-refractivity contribution in [2.75, 3.05) is 14.1 Å². The quantitative estimate of drug-likeness (QED) is 0.283. The van der Waals surface area contributed by atoms with Crippen molar-refractivity contribution in [2.45, 2.75) is 101 Å². The Morgan fingerprint density at radius 1 is 0.774 bits per heavy atom. The second-order valence-corrected chi connectivity index (χ2v) is 15.9. The van der Waals surface area contributed by atoms with Crippen LogP contribution in [0.5, 0.6) is 0 Å². The normalized spacial score (nSPS) is 32.8. The van der Waals surface area contributed by atoms with Gasteiger partial charge in [0.15, 0.2) is 28.7 Å². The molecular weight excluding hydrogens is 762 g/mol. The maximum absolute atomic E-state index is 13.3. The van der Waals surface area contributed by atoms with E-state index in [1.165, 1.54) is 9.80 Å². The van der Waals surface area contributed by atoms with Crippen LogP contribution < -0.4 is 11.5 Å². The van der Waals surface area contributed by atoms with Gasteiger partial charge in [0.25, 0.3) is 11.8 Å². The first kappa shape index (κ1) is 37.3. The van der Waals surface area contributed by atoms with Crippen molar-refractivity contribution in [1.82, 2.24) is 9.80 Å². The maximum Gasteiger partial charge on any atom is 0.345 e. The van der Waals surface area contributed by atoms with Crippen molar-refractivity contribution < 1.29 is 36.6 Å². The Morgan fingerprint density at radius 3 is 1.57 bits per heavy atom. The molecular formula is C37H40BrF4N7O4. The lowest BCUT2D eigenvalue weighted by molar-refractivity contribution is -0.179. The van der Waals surface area contributed by atoms with E-state index >= 15 is 0 Å². The molecule has 2 saturated carbocycles. The lowest BCUT2D eigenvalue weighted by atomic mass is 9.61. The predicted octanol–water partition coefficient (Wildman–Crippen LogP) is 6.10. The third-order valence-corrected chi connectivity index (χ3v) is 13.0. The molecule has 4 aliphatic carbocycles. The van der Waals surface area contributed by atoms with E-state index in [4.69, 9.17) is 27.5 Å². The van der Waals surface area contributed by atoms with Gasteiger partial charge in [0.1, 0.15) is 0 Å². The van der Waals surface area contributed by atoms with Gasteiger partial charge in [-0.05, 0) is 98.6 Å². The minimum atomic E-state index is -2.80. The van der Waals surface area contributed by atoms with E-state index in [-0.39, 0.29) is 23.7 Å². The average Bonchev–Trinajstić information content (AvgIpc) is 3.72. The highest BCUT2D eigenvalue weighted by molar-refractivity contribution is 9.10. The number of nitrogens with zero attached hydrogens (tertiary/aromatic N) is 5. The monoisotopic (exact) mass is 801 g/mol. The van der Waals surface area contributed by atoms with Gasteiger partial charge in [0.2, 0.25) is 0 Å². The average molecular weight is 803 g/mol. The summed E-state index contributed by atoms with van der Waals surface area (Å²) in [6.07, 6.45) is 4.36. The predicted molar refractivity (Wildman–Crippen MR) is 190 cm³/mol. The second-order valence-electron chi connectivity index (χ2n) is 15.0. The second kappa shape index (κ2) is 13.3. The fraction of sp³-hybridized carbons (Fsp3) is 0.541. The molecule has 2 aromatic rings. The van der Waals surface area contributed by atoms with E-state index in [1.807, 2.05) is 24.3 Å². The van der Waals surface area contributed by atoms with Crippen molar-refractivity contribution in [3.63, 3.8) is 0 Å². The summed E-state index contributed by atoms with van der Waals surface area (Å²) in [5.41, 5.74) is 12.9. The number of likely N-dealkylation sites (N-methyl/N-ethyl adjacent to an activating group) is 2. The van der Waals surface area contributed by atoms with E-state index in [2.05, 4.69) is 30.8 Å². The number of amides is 2. The number of ether oxygens (including phenoxy) is 2. The molecule has 282 valence electrons. The summed E-state index contributed by atoms with van der Waals surface area (Å²) in [5, 5.41) is 0. The zero-order chi connectivity index (χ0) is 38.1. The highest BCUT2D eigenvalue weighted by Crippen LogP contribution is 2.63. The summed E-state index contributed by atoms with van der Waals surface area (Å²) in [4.78, 5) is 42.2. The molecule has 2 aromatic carbocycles. The Bertz CT molecular complexity index is 1940. The smallest absolute Gasteiger partial charge is 0.345 e. The topological polar surface area (TPSA) is 140 Å². The van der Waals surface area contributed by atoms with Gasteiger partial charge in [-0.25, -0.2) is 14.8 Å². The lowest BCUT2D eigenvalue weighted by Crippen LogP contribution is -2.51. The summed E-state index contributed by atoms with van der Waals surface area (Å²) in [6, 6.07) is 11.2. The number of guanidine groups is 2. The van der Waals surface area contributed by atoms with Gasteiger partial charge in [0, 0.05) is 29.4 Å². The van der Waals surface area contributed by atoms with E-state index < -0.39 is 47.3 Å². The molecule has 2 unspecified atom stereocenters. The zero-order valence-electron chi connectivity index (χ0n) is 29.3. The fourth-order valence-electron chi connectivity index (χ4n) is 9.97. The Morgan fingerprint density at radius 2 is 1.19 bits per heavy atom. The number of hydrogen-bond donors (Lipinski definition) is 2. The molecule has 2 aliphatic heterocycles. The number of fused-ring (bicyclic) bond motifs is 6. The van der Waals surface area contributed by atoms with Crippen LogP contribution in [0.25, 0.3) is 4.85 Å². The summed E-state index contributed by atoms with van der Waals surface area (Å²) in [7, 11) is 3.22. The highest BCUT2D eigenvalue weighted by Gasteiger charge is 2.67. The number of carbonyl (C=O) groups excluding carboxylic acids is 2.